The van der Waals surface area contributed by atoms with Crippen molar-refractivity contribution in [3.05, 3.63) is 28.8 Å². The fraction of sp³-hybridized carbons (Fsp3) is 0.500. The summed E-state index contributed by atoms with van der Waals surface area (Å²) in [7, 11) is 1.60. The molecule has 4 heteroatoms. The number of aryl methyl sites for hydroxylation is 2. The van der Waals surface area contributed by atoms with Crippen molar-refractivity contribution in [1.82, 2.24) is 0 Å². The fourth-order valence-corrected chi connectivity index (χ4v) is 1.87. The first-order valence-electron chi connectivity index (χ1n) is 5.30. The third kappa shape index (κ3) is 2.52. The molecular weight excluding hydrogens is 204 g/mol. The zero-order chi connectivity index (χ0) is 12.3. The summed E-state index contributed by atoms with van der Waals surface area (Å²) in [6, 6.07) is 3.41. The summed E-state index contributed by atoms with van der Waals surface area (Å²) in [6.07, 6.45) is -0.754. The van der Waals surface area contributed by atoms with Crippen LogP contribution in [0.3, 0.4) is 0 Å². The van der Waals surface area contributed by atoms with E-state index in [-0.39, 0.29) is 6.54 Å². The van der Waals surface area contributed by atoms with Gasteiger partial charge in [-0.1, -0.05) is 6.07 Å². The van der Waals surface area contributed by atoms with E-state index in [2.05, 4.69) is 0 Å². The smallest absolute Gasteiger partial charge is 0.124 e. The summed E-state index contributed by atoms with van der Waals surface area (Å²) >= 11 is 0. The number of methoxy groups -OCH3 is 1. The van der Waals surface area contributed by atoms with Crippen molar-refractivity contribution in [2.24, 2.45) is 11.5 Å². The van der Waals surface area contributed by atoms with Crippen LogP contribution >= 0.6 is 0 Å². The van der Waals surface area contributed by atoms with Crippen LogP contribution in [0.5, 0.6) is 5.75 Å². The molecule has 1 aromatic rings. The van der Waals surface area contributed by atoms with Crippen molar-refractivity contribution < 1.29 is 9.84 Å². The van der Waals surface area contributed by atoms with Gasteiger partial charge in [-0.15, -0.1) is 0 Å². The molecule has 0 amide bonds. The molecule has 0 radical (unpaired) electrons. The van der Waals surface area contributed by atoms with E-state index in [1.807, 2.05) is 26.0 Å². The third-order valence-corrected chi connectivity index (χ3v) is 2.70. The van der Waals surface area contributed by atoms with Gasteiger partial charge in [0.05, 0.1) is 19.3 Å². The molecule has 2 atom stereocenters. The van der Waals surface area contributed by atoms with E-state index >= 15 is 0 Å². The molecule has 0 aromatic heterocycles. The topological polar surface area (TPSA) is 81.5 Å². The van der Waals surface area contributed by atoms with Crippen molar-refractivity contribution in [3.8, 4) is 5.75 Å². The van der Waals surface area contributed by atoms with Gasteiger partial charge in [0.2, 0.25) is 0 Å². The van der Waals surface area contributed by atoms with Gasteiger partial charge >= 0.3 is 0 Å². The maximum absolute atomic E-state index is 9.69. The molecule has 0 bridgehead atoms. The second-order valence-corrected chi connectivity index (χ2v) is 4.03. The summed E-state index contributed by atoms with van der Waals surface area (Å²) < 4.78 is 5.29. The zero-order valence-corrected chi connectivity index (χ0v) is 10.0. The second-order valence-electron chi connectivity index (χ2n) is 4.03. The van der Waals surface area contributed by atoms with E-state index in [1.54, 1.807) is 7.11 Å². The number of hydrogen-bond acceptors (Lipinski definition) is 4. The van der Waals surface area contributed by atoms with Crippen LogP contribution in [0.25, 0.3) is 0 Å². The Morgan fingerprint density at radius 3 is 2.50 bits per heavy atom. The van der Waals surface area contributed by atoms with Crippen molar-refractivity contribution >= 4 is 0 Å². The first-order valence-corrected chi connectivity index (χ1v) is 5.30. The highest BCUT2D eigenvalue weighted by Crippen LogP contribution is 2.30. The number of hydrogen-bond donors (Lipinski definition) is 3. The lowest BCUT2D eigenvalue weighted by Crippen LogP contribution is -2.33. The molecule has 0 saturated carbocycles. The van der Waals surface area contributed by atoms with Crippen molar-refractivity contribution in [3.63, 3.8) is 0 Å². The van der Waals surface area contributed by atoms with Crippen molar-refractivity contribution in [1.29, 1.82) is 0 Å². The van der Waals surface area contributed by atoms with E-state index < -0.39 is 12.1 Å². The summed E-state index contributed by atoms with van der Waals surface area (Å²) in [4.78, 5) is 0. The molecule has 5 N–H and O–H groups in total. The Hall–Kier alpha value is -1.10. The predicted octanol–water partition coefficient (Wildman–Crippen LogP) is 0.631. The van der Waals surface area contributed by atoms with Crippen molar-refractivity contribution in [2.45, 2.75) is 26.0 Å². The molecule has 1 rings (SSSR count). The van der Waals surface area contributed by atoms with E-state index in [9.17, 15) is 5.11 Å². The van der Waals surface area contributed by atoms with Gasteiger partial charge in [0.15, 0.2) is 0 Å². The van der Waals surface area contributed by atoms with Gasteiger partial charge in [-0.05, 0) is 31.0 Å². The number of aliphatic hydroxyl groups is 1. The molecule has 0 fully saturated rings. The van der Waals surface area contributed by atoms with E-state index in [0.717, 1.165) is 16.7 Å². The normalized spacial score (nSPS) is 14.6. The molecule has 90 valence electrons. The zero-order valence-electron chi connectivity index (χ0n) is 10.0. The highest BCUT2D eigenvalue weighted by molar-refractivity contribution is 5.45. The average Bonchev–Trinajstić information content (AvgIpc) is 2.26. The number of aliphatic hydroxyl groups excluding tert-OH is 1. The molecule has 1 aromatic carbocycles. The minimum Gasteiger partial charge on any atom is -0.496 e. The summed E-state index contributed by atoms with van der Waals surface area (Å²) in [5.74, 6) is 0.706. The monoisotopic (exact) mass is 224 g/mol. The highest BCUT2D eigenvalue weighted by atomic mass is 16.5. The predicted molar refractivity (Wildman–Crippen MR) is 64.5 cm³/mol. The van der Waals surface area contributed by atoms with E-state index in [4.69, 9.17) is 16.2 Å². The largest absolute Gasteiger partial charge is 0.496 e. The van der Waals surface area contributed by atoms with Gasteiger partial charge in [0, 0.05) is 12.1 Å². The van der Waals surface area contributed by atoms with E-state index in [1.165, 1.54) is 0 Å². The van der Waals surface area contributed by atoms with Crippen molar-refractivity contribution in [2.75, 3.05) is 13.7 Å². The molecule has 0 aliphatic carbocycles. The Morgan fingerprint density at radius 2 is 2.00 bits per heavy atom. The number of nitrogens with two attached hydrogens (primary N) is 2. The van der Waals surface area contributed by atoms with E-state index in [0.29, 0.717) is 5.75 Å². The summed E-state index contributed by atoms with van der Waals surface area (Å²) in [5, 5.41) is 9.69. The highest BCUT2D eigenvalue weighted by Gasteiger charge is 2.21. The van der Waals surface area contributed by atoms with Gasteiger partial charge < -0.3 is 21.3 Å². The molecule has 2 unspecified atom stereocenters. The Balaban J connectivity index is 3.20. The molecule has 0 aliphatic heterocycles. The van der Waals surface area contributed by atoms with Gasteiger partial charge in [-0.25, -0.2) is 0 Å². The van der Waals surface area contributed by atoms with Crippen LogP contribution in [0.2, 0.25) is 0 Å². The minimum absolute atomic E-state index is 0.137. The summed E-state index contributed by atoms with van der Waals surface area (Å²) in [6.45, 7) is 4.08. The number of benzene rings is 1. The lowest BCUT2D eigenvalue weighted by Gasteiger charge is -2.22. The quantitative estimate of drug-likeness (QED) is 0.700. The lowest BCUT2D eigenvalue weighted by atomic mass is 9.95. The Bertz CT molecular complexity index is 366. The van der Waals surface area contributed by atoms with Gasteiger partial charge in [0.1, 0.15) is 5.75 Å². The second kappa shape index (κ2) is 5.30. The SMILES string of the molecule is COc1cc(C)cc(C)c1C(N)C(O)CN. The van der Waals surface area contributed by atoms with Gasteiger partial charge in [0.25, 0.3) is 0 Å². The Kier molecular flexibility index (Phi) is 4.29. The van der Waals surface area contributed by atoms with Crippen LogP contribution in [-0.4, -0.2) is 24.9 Å². The Labute approximate surface area is 96.2 Å². The molecule has 0 spiro atoms. The molecule has 0 saturated heterocycles. The van der Waals surface area contributed by atoms with Crippen LogP contribution in [-0.2, 0) is 0 Å². The molecule has 4 nitrogen and oxygen atoms in total. The van der Waals surface area contributed by atoms with Gasteiger partial charge in [-0.2, -0.15) is 0 Å². The molecule has 0 heterocycles. The van der Waals surface area contributed by atoms with Crippen LogP contribution in [0.1, 0.15) is 22.7 Å². The average molecular weight is 224 g/mol. The third-order valence-electron chi connectivity index (χ3n) is 2.70. The van der Waals surface area contributed by atoms with Crippen LogP contribution in [0.4, 0.5) is 0 Å². The first-order chi connectivity index (χ1) is 7.51. The first kappa shape index (κ1) is 13.0. The standard InChI is InChI=1S/C12H20N2O2/c1-7-4-8(2)11(10(5-7)16-3)12(14)9(15)6-13/h4-5,9,12,15H,6,13-14H2,1-3H3. The van der Waals surface area contributed by atoms with Crippen LogP contribution in [0, 0.1) is 13.8 Å². The lowest BCUT2D eigenvalue weighted by molar-refractivity contribution is 0.151. The summed E-state index contributed by atoms with van der Waals surface area (Å²) in [5.41, 5.74) is 14.3. The van der Waals surface area contributed by atoms with Crippen LogP contribution in [0.15, 0.2) is 12.1 Å². The number of ether oxygens (including phenoxy) is 1. The van der Waals surface area contributed by atoms with Crippen LogP contribution < -0.4 is 16.2 Å². The molecular formula is C12H20N2O2. The molecule has 0 aliphatic rings. The maximum Gasteiger partial charge on any atom is 0.124 e. The fourth-order valence-electron chi connectivity index (χ4n) is 1.87. The maximum atomic E-state index is 9.69. The van der Waals surface area contributed by atoms with Gasteiger partial charge in [-0.3, -0.25) is 0 Å². The minimum atomic E-state index is -0.754. The molecule has 16 heavy (non-hydrogen) atoms. The number of rotatable bonds is 4. The Morgan fingerprint density at radius 1 is 1.38 bits per heavy atom.